The largest absolute Gasteiger partial charge is 0.324 e. The molecule has 23 heavy (non-hydrogen) atoms. The Morgan fingerprint density at radius 3 is 2.96 bits per heavy atom. The third-order valence-corrected chi connectivity index (χ3v) is 5.25. The molecular weight excluding hydrogens is 310 g/mol. The van der Waals surface area contributed by atoms with Crippen molar-refractivity contribution < 1.29 is 4.52 Å². The molecule has 2 aromatic heterocycles. The molecule has 1 fully saturated rings. The van der Waals surface area contributed by atoms with Gasteiger partial charge in [-0.25, -0.2) is 4.98 Å². The lowest BCUT2D eigenvalue weighted by molar-refractivity contribution is 0.280. The maximum absolute atomic E-state index is 5.41. The topological polar surface area (TPSA) is 58.3 Å². The first-order valence-electron chi connectivity index (χ1n) is 8.19. The van der Waals surface area contributed by atoms with Crippen LogP contribution in [0.4, 0.5) is 6.01 Å². The molecular formula is C16H25N5OS. The van der Waals surface area contributed by atoms with E-state index in [0.717, 1.165) is 37.7 Å². The van der Waals surface area contributed by atoms with Gasteiger partial charge >= 0.3 is 6.01 Å². The minimum atomic E-state index is 0.305. The van der Waals surface area contributed by atoms with Crippen molar-refractivity contribution in [3.8, 4) is 0 Å². The summed E-state index contributed by atoms with van der Waals surface area (Å²) in [6.07, 6.45) is 1.17. The van der Waals surface area contributed by atoms with Gasteiger partial charge in [0.25, 0.3) is 0 Å². The molecule has 3 rings (SSSR count). The van der Waals surface area contributed by atoms with Crippen LogP contribution >= 0.6 is 11.3 Å². The van der Waals surface area contributed by atoms with E-state index in [0.29, 0.717) is 17.9 Å². The van der Waals surface area contributed by atoms with Gasteiger partial charge in [-0.15, -0.1) is 11.3 Å². The van der Waals surface area contributed by atoms with Crippen LogP contribution in [0.25, 0.3) is 0 Å². The van der Waals surface area contributed by atoms with Gasteiger partial charge in [0.2, 0.25) is 0 Å². The van der Waals surface area contributed by atoms with Gasteiger partial charge in [-0.05, 0) is 26.3 Å². The molecule has 0 saturated carbocycles. The average Bonchev–Trinajstić information content (AvgIpc) is 3.20. The van der Waals surface area contributed by atoms with Crippen LogP contribution in [-0.2, 0) is 6.54 Å². The monoisotopic (exact) mass is 335 g/mol. The van der Waals surface area contributed by atoms with E-state index in [1.165, 1.54) is 11.3 Å². The van der Waals surface area contributed by atoms with Gasteiger partial charge in [0.15, 0.2) is 5.82 Å². The number of aromatic nitrogens is 3. The molecule has 0 aromatic carbocycles. The maximum Gasteiger partial charge on any atom is 0.324 e. The van der Waals surface area contributed by atoms with Gasteiger partial charge in [0.1, 0.15) is 0 Å². The number of hydrogen-bond donors (Lipinski definition) is 0. The number of anilines is 1. The van der Waals surface area contributed by atoms with Crippen molar-refractivity contribution in [1.82, 2.24) is 20.0 Å². The fourth-order valence-corrected chi connectivity index (χ4v) is 3.83. The SMILES string of the molecule is Cc1ncsc1CN(C)C[C@@H]1CCN(c2nc(C(C)C)no2)C1. The molecule has 1 aliphatic rings. The molecule has 6 nitrogen and oxygen atoms in total. The Balaban J connectivity index is 1.52. The quantitative estimate of drug-likeness (QED) is 0.809. The molecule has 0 amide bonds. The summed E-state index contributed by atoms with van der Waals surface area (Å²) in [4.78, 5) is 14.8. The number of thiazole rings is 1. The summed E-state index contributed by atoms with van der Waals surface area (Å²) in [6, 6.07) is 0.678. The zero-order chi connectivity index (χ0) is 16.4. The van der Waals surface area contributed by atoms with E-state index in [1.54, 1.807) is 11.3 Å². The van der Waals surface area contributed by atoms with Gasteiger partial charge in [0.05, 0.1) is 11.2 Å². The summed E-state index contributed by atoms with van der Waals surface area (Å²) in [5.74, 6) is 1.74. The second-order valence-electron chi connectivity index (χ2n) is 6.75. The highest BCUT2D eigenvalue weighted by molar-refractivity contribution is 7.09. The fraction of sp³-hybridized carbons (Fsp3) is 0.688. The van der Waals surface area contributed by atoms with Gasteiger partial charge in [-0.3, -0.25) is 0 Å². The molecule has 126 valence electrons. The van der Waals surface area contributed by atoms with Crippen LogP contribution in [0.2, 0.25) is 0 Å². The lowest BCUT2D eigenvalue weighted by atomic mass is 10.1. The van der Waals surface area contributed by atoms with Crippen LogP contribution < -0.4 is 4.90 Å². The summed E-state index contributed by atoms with van der Waals surface area (Å²) < 4.78 is 5.41. The summed E-state index contributed by atoms with van der Waals surface area (Å²) in [7, 11) is 2.19. The van der Waals surface area contributed by atoms with Crippen molar-refractivity contribution in [3.63, 3.8) is 0 Å². The molecule has 1 aliphatic heterocycles. The third-order valence-electron chi connectivity index (χ3n) is 4.33. The van der Waals surface area contributed by atoms with Crippen molar-refractivity contribution in [3.05, 3.63) is 21.9 Å². The molecule has 7 heteroatoms. The lowest BCUT2D eigenvalue weighted by Crippen LogP contribution is -2.28. The first-order chi connectivity index (χ1) is 11.0. The second-order valence-corrected chi connectivity index (χ2v) is 7.69. The fourth-order valence-electron chi connectivity index (χ4n) is 2.97. The molecule has 0 spiro atoms. The molecule has 0 aliphatic carbocycles. The van der Waals surface area contributed by atoms with Crippen LogP contribution in [0.3, 0.4) is 0 Å². The Morgan fingerprint density at radius 2 is 2.30 bits per heavy atom. The Labute approximate surface area is 141 Å². The van der Waals surface area contributed by atoms with E-state index in [4.69, 9.17) is 4.52 Å². The van der Waals surface area contributed by atoms with Crippen LogP contribution in [-0.4, -0.2) is 46.7 Å². The van der Waals surface area contributed by atoms with E-state index in [1.807, 2.05) is 5.51 Å². The molecule has 0 unspecified atom stereocenters. The van der Waals surface area contributed by atoms with Gasteiger partial charge in [0, 0.05) is 37.0 Å². The number of rotatable bonds is 6. The maximum atomic E-state index is 5.41. The van der Waals surface area contributed by atoms with Crippen LogP contribution in [0.15, 0.2) is 10.0 Å². The van der Waals surface area contributed by atoms with Crippen molar-refractivity contribution in [2.24, 2.45) is 5.92 Å². The average molecular weight is 335 g/mol. The van der Waals surface area contributed by atoms with E-state index in [-0.39, 0.29) is 0 Å². The first-order valence-corrected chi connectivity index (χ1v) is 9.07. The predicted molar refractivity (Wildman–Crippen MR) is 91.9 cm³/mol. The van der Waals surface area contributed by atoms with Crippen LogP contribution in [0.1, 0.15) is 42.6 Å². The van der Waals surface area contributed by atoms with Crippen LogP contribution in [0, 0.1) is 12.8 Å². The predicted octanol–water partition coefficient (Wildman–Crippen LogP) is 2.92. The Morgan fingerprint density at radius 1 is 1.48 bits per heavy atom. The van der Waals surface area contributed by atoms with E-state index in [9.17, 15) is 0 Å². The molecule has 1 saturated heterocycles. The normalized spacial score (nSPS) is 18.5. The van der Waals surface area contributed by atoms with Gasteiger partial charge in [-0.1, -0.05) is 19.0 Å². The third kappa shape index (κ3) is 3.90. The number of aryl methyl sites for hydroxylation is 1. The number of nitrogens with zero attached hydrogens (tertiary/aromatic N) is 5. The zero-order valence-electron chi connectivity index (χ0n) is 14.3. The molecule has 3 heterocycles. The minimum absolute atomic E-state index is 0.305. The lowest BCUT2D eigenvalue weighted by Gasteiger charge is -2.20. The van der Waals surface area contributed by atoms with Crippen molar-refractivity contribution in [2.45, 2.75) is 39.7 Å². The summed E-state index contributed by atoms with van der Waals surface area (Å²) >= 11 is 1.74. The van der Waals surface area contributed by atoms with E-state index >= 15 is 0 Å². The standard InChI is InChI=1S/C16H25N5OS/c1-11(2)15-18-16(22-19-15)21-6-5-13(8-21)7-20(4)9-14-12(3)17-10-23-14/h10-11,13H,5-9H2,1-4H3/t13-/m0/s1. The van der Waals surface area contributed by atoms with Crippen molar-refractivity contribution in [2.75, 3.05) is 31.6 Å². The summed E-state index contributed by atoms with van der Waals surface area (Å²) in [5.41, 5.74) is 3.08. The smallest absolute Gasteiger partial charge is 0.324 e. The van der Waals surface area contributed by atoms with E-state index < -0.39 is 0 Å². The number of hydrogen-bond acceptors (Lipinski definition) is 7. The van der Waals surface area contributed by atoms with Gasteiger partial charge in [-0.2, -0.15) is 4.98 Å². The molecule has 0 bridgehead atoms. The minimum Gasteiger partial charge on any atom is -0.324 e. The molecule has 2 aromatic rings. The van der Waals surface area contributed by atoms with Crippen molar-refractivity contribution in [1.29, 1.82) is 0 Å². The Bertz CT molecular complexity index is 638. The molecule has 1 atom stereocenters. The second kappa shape index (κ2) is 6.97. The molecule has 0 radical (unpaired) electrons. The van der Waals surface area contributed by atoms with Crippen LogP contribution in [0.5, 0.6) is 0 Å². The highest BCUT2D eigenvalue weighted by atomic mass is 32.1. The summed E-state index contributed by atoms with van der Waals surface area (Å²) in [6.45, 7) is 10.3. The van der Waals surface area contributed by atoms with E-state index in [2.05, 4.69) is 52.7 Å². The van der Waals surface area contributed by atoms with Crippen molar-refractivity contribution >= 4 is 17.4 Å². The Hall–Kier alpha value is -1.47. The summed E-state index contributed by atoms with van der Waals surface area (Å²) in [5, 5.41) is 4.06. The zero-order valence-corrected chi connectivity index (χ0v) is 15.1. The molecule has 0 N–H and O–H groups in total. The first kappa shape index (κ1) is 16.4. The highest BCUT2D eigenvalue weighted by Crippen LogP contribution is 2.25. The Kier molecular flexibility index (Phi) is 4.96. The van der Waals surface area contributed by atoms with Gasteiger partial charge < -0.3 is 14.3 Å². The highest BCUT2D eigenvalue weighted by Gasteiger charge is 2.27.